The average molecular weight is 314 g/mol. The van der Waals surface area contributed by atoms with Crippen molar-refractivity contribution in [1.82, 2.24) is 0 Å². The molecule has 0 unspecified atom stereocenters. The van der Waals surface area contributed by atoms with E-state index >= 15 is 0 Å². The Bertz CT molecular complexity index is 410. The number of alkyl halides is 2. The Morgan fingerprint density at radius 3 is 2.69 bits per heavy atom. The van der Waals surface area contributed by atoms with Crippen molar-refractivity contribution < 1.29 is 18.3 Å². The van der Waals surface area contributed by atoms with E-state index < -0.39 is 17.5 Å². The first-order valence-corrected chi connectivity index (χ1v) is 5.57. The second-order valence-corrected chi connectivity index (χ2v) is 4.19. The fraction of sp³-hybridized carbons (Fsp3) is 0.300. The smallest absolute Gasteiger partial charge is 0.381 e. The summed E-state index contributed by atoms with van der Waals surface area (Å²) in [6.07, 6.45) is 0. The number of hydrogen-bond acceptors (Lipinski definition) is 2. The molecule has 2 nitrogen and oxygen atoms in total. The summed E-state index contributed by atoms with van der Waals surface area (Å²) in [7, 11) is 0. The van der Waals surface area contributed by atoms with E-state index in [2.05, 4.69) is 20.7 Å². The van der Waals surface area contributed by atoms with Gasteiger partial charge in [0.1, 0.15) is 0 Å². The highest BCUT2D eigenvalue weighted by Gasteiger charge is 2.42. The lowest BCUT2D eigenvalue weighted by Gasteiger charge is -2.15. The van der Waals surface area contributed by atoms with Crippen molar-refractivity contribution in [3.05, 3.63) is 33.3 Å². The van der Waals surface area contributed by atoms with Gasteiger partial charge in [-0.25, -0.2) is 4.79 Å². The number of halogens is 4. The van der Waals surface area contributed by atoms with Gasteiger partial charge in [-0.3, -0.25) is 0 Å². The SMILES string of the molecule is CCOC(=O)C(F)(F)c1ccc(Br)c(Cl)c1. The van der Waals surface area contributed by atoms with Crippen LogP contribution in [0.3, 0.4) is 0 Å². The molecule has 16 heavy (non-hydrogen) atoms. The van der Waals surface area contributed by atoms with Gasteiger partial charge in [-0.05, 0) is 35.0 Å². The fourth-order valence-corrected chi connectivity index (χ4v) is 1.46. The monoisotopic (exact) mass is 312 g/mol. The van der Waals surface area contributed by atoms with Gasteiger partial charge in [0.25, 0.3) is 0 Å². The van der Waals surface area contributed by atoms with Crippen molar-refractivity contribution in [2.45, 2.75) is 12.8 Å². The molecule has 0 fully saturated rings. The maximum absolute atomic E-state index is 13.5. The summed E-state index contributed by atoms with van der Waals surface area (Å²) < 4.78 is 31.8. The lowest BCUT2D eigenvalue weighted by molar-refractivity contribution is -0.173. The van der Waals surface area contributed by atoms with E-state index in [4.69, 9.17) is 11.6 Å². The van der Waals surface area contributed by atoms with Crippen molar-refractivity contribution >= 4 is 33.5 Å². The first-order chi connectivity index (χ1) is 7.39. The first kappa shape index (κ1) is 13.4. The van der Waals surface area contributed by atoms with Crippen LogP contribution in [0.4, 0.5) is 8.78 Å². The Balaban J connectivity index is 3.06. The predicted molar refractivity (Wildman–Crippen MR) is 59.7 cm³/mol. The highest BCUT2D eigenvalue weighted by molar-refractivity contribution is 9.10. The molecule has 0 atom stereocenters. The topological polar surface area (TPSA) is 26.3 Å². The van der Waals surface area contributed by atoms with E-state index in [0.717, 1.165) is 12.1 Å². The fourth-order valence-electron chi connectivity index (χ4n) is 1.03. The van der Waals surface area contributed by atoms with Crippen molar-refractivity contribution in [1.29, 1.82) is 0 Å². The van der Waals surface area contributed by atoms with Gasteiger partial charge in [-0.2, -0.15) is 8.78 Å². The summed E-state index contributed by atoms with van der Waals surface area (Å²) in [6.45, 7) is 1.36. The zero-order chi connectivity index (χ0) is 12.3. The van der Waals surface area contributed by atoms with Gasteiger partial charge >= 0.3 is 11.9 Å². The number of ether oxygens (including phenoxy) is 1. The molecular weight excluding hydrogens is 305 g/mol. The van der Waals surface area contributed by atoms with Gasteiger partial charge in [0.05, 0.1) is 11.6 Å². The van der Waals surface area contributed by atoms with Crippen LogP contribution < -0.4 is 0 Å². The summed E-state index contributed by atoms with van der Waals surface area (Å²) in [5, 5.41) is 0.112. The molecule has 0 aliphatic carbocycles. The molecule has 1 aromatic rings. The van der Waals surface area contributed by atoms with Gasteiger partial charge in [-0.1, -0.05) is 17.7 Å². The van der Waals surface area contributed by atoms with Crippen LogP contribution in [0.5, 0.6) is 0 Å². The molecule has 0 radical (unpaired) electrons. The summed E-state index contributed by atoms with van der Waals surface area (Å²) in [4.78, 5) is 11.0. The molecule has 0 saturated carbocycles. The normalized spacial score (nSPS) is 11.3. The van der Waals surface area contributed by atoms with Crippen LogP contribution in [-0.4, -0.2) is 12.6 Å². The Hall–Kier alpha value is -0.680. The number of carbonyl (C=O) groups is 1. The molecule has 1 aromatic carbocycles. The van der Waals surface area contributed by atoms with Crippen LogP contribution in [0, 0.1) is 0 Å². The third kappa shape index (κ3) is 2.71. The molecule has 6 heteroatoms. The van der Waals surface area contributed by atoms with E-state index in [1.807, 2.05) is 0 Å². The van der Waals surface area contributed by atoms with Crippen molar-refractivity contribution in [3.8, 4) is 0 Å². The molecule has 1 rings (SSSR count). The number of esters is 1. The van der Waals surface area contributed by atoms with Crippen molar-refractivity contribution in [3.63, 3.8) is 0 Å². The van der Waals surface area contributed by atoms with E-state index in [1.165, 1.54) is 13.0 Å². The minimum Gasteiger partial charge on any atom is -0.461 e. The van der Waals surface area contributed by atoms with Crippen LogP contribution in [-0.2, 0) is 15.5 Å². The second kappa shape index (κ2) is 5.10. The standard InChI is InChI=1S/C10H8BrClF2O2/c1-2-16-9(15)10(13,14)6-3-4-7(11)8(12)5-6/h3-5H,2H2,1H3. The molecule has 0 heterocycles. The first-order valence-electron chi connectivity index (χ1n) is 4.40. The molecule has 0 bridgehead atoms. The van der Waals surface area contributed by atoms with E-state index in [9.17, 15) is 13.6 Å². The Morgan fingerprint density at radius 1 is 1.56 bits per heavy atom. The molecule has 88 valence electrons. The van der Waals surface area contributed by atoms with Crippen molar-refractivity contribution in [2.24, 2.45) is 0 Å². The van der Waals surface area contributed by atoms with E-state index in [1.54, 1.807) is 0 Å². The minimum absolute atomic E-state index is 0.0985. The van der Waals surface area contributed by atoms with E-state index in [-0.39, 0.29) is 11.6 Å². The highest BCUT2D eigenvalue weighted by Crippen LogP contribution is 2.33. The molecule has 0 aliphatic rings. The van der Waals surface area contributed by atoms with Crippen LogP contribution in [0.15, 0.2) is 22.7 Å². The third-order valence-corrected chi connectivity index (χ3v) is 3.05. The second-order valence-electron chi connectivity index (χ2n) is 2.92. The predicted octanol–water partition coefficient (Wildman–Crippen LogP) is 3.76. The largest absolute Gasteiger partial charge is 0.461 e. The molecule has 0 aromatic heterocycles. The maximum Gasteiger partial charge on any atom is 0.381 e. The van der Waals surface area contributed by atoms with Crippen LogP contribution in [0.1, 0.15) is 12.5 Å². The minimum atomic E-state index is -3.68. The highest BCUT2D eigenvalue weighted by atomic mass is 79.9. The summed E-state index contributed by atoms with van der Waals surface area (Å²) in [6, 6.07) is 3.50. The van der Waals surface area contributed by atoms with Crippen molar-refractivity contribution in [2.75, 3.05) is 6.61 Å². The molecular formula is C10H8BrClF2O2. The van der Waals surface area contributed by atoms with Gasteiger partial charge < -0.3 is 4.74 Å². The van der Waals surface area contributed by atoms with Crippen LogP contribution >= 0.6 is 27.5 Å². The Labute approximate surface area is 105 Å². The third-order valence-electron chi connectivity index (χ3n) is 1.81. The molecule has 0 saturated heterocycles. The lowest BCUT2D eigenvalue weighted by Crippen LogP contribution is -2.28. The van der Waals surface area contributed by atoms with E-state index in [0.29, 0.717) is 4.47 Å². The lowest BCUT2D eigenvalue weighted by atomic mass is 10.1. The maximum atomic E-state index is 13.5. The number of rotatable bonds is 3. The Morgan fingerprint density at radius 2 is 2.19 bits per heavy atom. The van der Waals surface area contributed by atoms with Crippen LogP contribution in [0.25, 0.3) is 0 Å². The quantitative estimate of drug-likeness (QED) is 0.794. The summed E-state index contributed by atoms with van der Waals surface area (Å²) in [5.41, 5.74) is -0.487. The molecule has 0 amide bonds. The molecule has 0 aliphatic heterocycles. The zero-order valence-corrected chi connectivity index (χ0v) is 10.6. The van der Waals surface area contributed by atoms with Gasteiger partial charge in [0, 0.05) is 10.0 Å². The molecule has 0 spiro atoms. The number of carbonyl (C=O) groups excluding carboxylic acids is 1. The van der Waals surface area contributed by atoms with Gasteiger partial charge in [-0.15, -0.1) is 0 Å². The van der Waals surface area contributed by atoms with Gasteiger partial charge in [0.2, 0.25) is 0 Å². The summed E-state index contributed by atoms with van der Waals surface area (Å²) in [5.74, 6) is -5.26. The van der Waals surface area contributed by atoms with Crippen LogP contribution in [0.2, 0.25) is 5.02 Å². The number of benzene rings is 1. The zero-order valence-electron chi connectivity index (χ0n) is 8.27. The molecule has 0 N–H and O–H groups in total. The Kier molecular flexibility index (Phi) is 4.27. The van der Waals surface area contributed by atoms with Gasteiger partial charge in [0.15, 0.2) is 0 Å². The number of hydrogen-bond donors (Lipinski definition) is 0. The summed E-state index contributed by atoms with van der Waals surface area (Å²) >= 11 is 8.74. The average Bonchev–Trinajstić information content (AvgIpc) is 2.22.